The molecule has 0 unspecified atom stereocenters. The number of nitrogens with one attached hydrogen (secondary N) is 3. The summed E-state index contributed by atoms with van der Waals surface area (Å²) >= 11 is 6.50. The van der Waals surface area contributed by atoms with Gasteiger partial charge in [-0.1, -0.05) is 29.8 Å². The highest BCUT2D eigenvalue weighted by atomic mass is 35.5. The SMILES string of the molecule is O=C(NC[C@H](O)[C@@H](O)[C@H](O)[C@H](O)CO)N[C@@H](CCCCNS(=O)(=O)c1ccc(Cl)c(COC2(c3cnccc3-c3ccccc3OC3CC3)CC2)c1)C(=O)O. The molecule has 2 aliphatic rings. The highest BCUT2D eigenvalue weighted by Gasteiger charge is 2.48. The number of amides is 2. The first kappa shape index (κ1) is 42.2. The van der Waals surface area contributed by atoms with Gasteiger partial charge in [0.1, 0.15) is 30.1 Å². The molecule has 3 aromatic rings. The van der Waals surface area contributed by atoms with Gasteiger partial charge in [-0.05, 0) is 86.4 Å². The molecule has 0 radical (unpaired) electrons. The Kier molecular flexibility index (Phi) is 14.5. The van der Waals surface area contributed by atoms with Gasteiger partial charge in [0, 0.05) is 41.6 Å². The fraction of sp³-hybridized carbons (Fsp3) is 0.486. The number of ether oxygens (including phenoxy) is 2. The minimum absolute atomic E-state index is 0.0268. The smallest absolute Gasteiger partial charge is 0.326 e. The van der Waals surface area contributed by atoms with Crippen LogP contribution in [-0.4, -0.2) is 112 Å². The highest BCUT2D eigenvalue weighted by Crippen LogP contribution is 2.53. The van der Waals surface area contributed by atoms with E-state index in [1.165, 1.54) is 18.2 Å². The lowest BCUT2D eigenvalue weighted by molar-refractivity contribution is -0.139. The summed E-state index contributed by atoms with van der Waals surface area (Å²) in [4.78, 5) is 28.3. The quantitative estimate of drug-likeness (QED) is 0.0658. The molecule has 9 N–H and O–H groups in total. The van der Waals surface area contributed by atoms with Gasteiger partial charge < -0.3 is 50.7 Å². The van der Waals surface area contributed by atoms with Gasteiger partial charge in [0.05, 0.1) is 35.9 Å². The number of pyridine rings is 1. The van der Waals surface area contributed by atoms with Crippen molar-refractivity contribution in [3.8, 4) is 16.9 Å². The highest BCUT2D eigenvalue weighted by molar-refractivity contribution is 7.89. The van der Waals surface area contributed by atoms with Gasteiger partial charge in [-0.15, -0.1) is 0 Å². The summed E-state index contributed by atoms with van der Waals surface area (Å²) in [5.41, 5.74) is 2.66. The first-order valence-electron chi connectivity index (χ1n) is 18.0. The number of benzene rings is 2. The molecule has 16 nitrogen and oxygen atoms in total. The Hall–Kier alpha value is -3.91. The van der Waals surface area contributed by atoms with Crippen molar-refractivity contribution in [2.75, 3.05) is 19.7 Å². The van der Waals surface area contributed by atoms with Crippen LogP contribution < -0.4 is 20.1 Å². The Bertz CT molecular complexity index is 1900. The number of carbonyl (C=O) groups excluding carboxylic acids is 1. The van der Waals surface area contributed by atoms with Crippen molar-refractivity contribution < 1.29 is 58.1 Å². The average Bonchev–Trinajstić information content (AvgIpc) is 4.13. The predicted octanol–water partition coefficient (Wildman–Crippen LogP) is 1.79. The maximum Gasteiger partial charge on any atom is 0.326 e. The largest absolute Gasteiger partial charge is 0.490 e. The maximum atomic E-state index is 13.2. The predicted molar refractivity (Wildman–Crippen MR) is 199 cm³/mol. The van der Waals surface area contributed by atoms with Crippen molar-refractivity contribution in [3.63, 3.8) is 0 Å². The minimum Gasteiger partial charge on any atom is -0.490 e. The summed E-state index contributed by atoms with van der Waals surface area (Å²) in [5.74, 6) is -0.552. The lowest BCUT2D eigenvalue weighted by atomic mass is 9.96. The standard InChI is InChI=1S/C37H47ClN4O12S/c38-28-11-10-24(55(51,52)41-15-4-3-6-29(35(48)49)42-36(50)40-19-30(44)33(46)34(47)31(45)20-43)17-22(28)21-53-37(13-14-37)27-18-39-16-12-25(27)26-5-1-2-7-32(26)54-23-8-9-23/h1-2,5,7,10-12,16-18,23,29-31,33-34,41,43-47H,3-4,6,8-9,13-15,19-21H2,(H,48,49)(H2,40,42,50)/t29-,30-,31+,33+,34+/m0/s1. The minimum atomic E-state index is -3.99. The molecule has 0 aliphatic heterocycles. The van der Waals surface area contributed by atoms with Crippen LogP contribution >= 0.6 is 11.6 Å². The fourth-order valence-corrected chi connectivity index (χ4v) is 7.21. The molecule has 55 heavy (non-hydrogen) atoms. The zero-order chi connectivity index (χ0) is 39.8. The lowest BCUT2D eigenvalue weighted by Gasteiger charge is -2.26. The van der Waals surface area contributed by atoms with Crippen LogP contribution in [0.3, 0.4) is 0 Å². The summed E-state index contributed by atoms with van der Waals surface area (Å²) in [5, 5.41) is 62.0. The van der Waals surface area contributed by atoms with Gasteiger partial charge >= 0.3 is 12.0 Å². The van der Waals surface area contributed by atoms with Gasteiger partial charge in [0.15, 0.2) is 0 Å². The van der Waals surface area contributed by atoms with Crippen LogP contribution in [0.4, 0.5) is 4.79 Å². The third-order valence-corrected chi connectivity index (χ3v) is 11.3. The van der Waals surface area contributed by atoms with Crippen LogP contribution in [-0.2, 0) is 31.8 Å². The summed E-state index contributed by atoms with van der Waals surface area (Å²) in [6.07, 6.45) is 0.426. The number of aromatic nitrogens is 1. The molecule has 5 atom stereocenters. The Labute approximate surface area is 323 Å². The second-order valence-electron chi connectivity index (χ2n) is 13.7. The lowest BCUT2D eigenvalue weighted by Crippen LogP contribution is -2.52. The van der Waals surface area contributed by atoms with E-state index in [9.17, 15) is 43.5 Å². The van der Waals surface area contributed by atoms with Crippen LogP contribution in [0.5, 0.6) is 5.75 Å². The van der Waals surface area contributed by atoms with Crippen LogP contribution in [0.2, 0.25) is 5.02 Å². The molecule has 1 aromatic heterocycles. The molecule has 0 spiro atoms. The van der Waals surface area contributed by atoms with Crippen molar-refractivity contribution in [1.82, 2.24) is 20.3 Å². The summed E-state index contributed by atoms with van der Waals surface area (Å²) in [7, 11) is -3.99. The van der Waals surface area contributed by atoms with E-state index in [1.807, 2.05) is 30.3 Å². The van der Waals surface area contributed by atoms with E-state index >= 15 is 0 Å². The Morgan fingerprint density at radius 2 is 1.71 bits per heavy atom. The molecule has 5 rings (SSSR count). The van der Waals surface area contributed by atoms with Crippen LogP contribution in [0.15, 0.2) is 65.8 Å². The molecule has 2 fully saturated rings. The summed E-state index contributed by atoms with van der Waals surface area (Å²) < 4.78 is 41.6. The maximum absolute atomic E-state index is 13.2. The third-order valence-electron chi connectivity index (χ3n) is 9.46. The number of sulfonamides is 1. The van der Waals surface area contributed by atoms with E-state index in [-0.39, 0.29) is 43.4 Å². The number of rotatable bonds is 22. The third kappa shape index (κ3) is 11.3. The molecule has 0 bridgehead atoms. The number of carboxylic acid groups (broad SMARTS) is 1. The fourth-order valence-electron chi connectivity index (χ4n) is 5.91. The number of aliphatic hydroxyl groups excluding tert-OH is 5. The zero-order valence-corrected chi connectivity index (χ0v) is 31.5. The van der Waals surface area contributed by atoms with Crippen molar-refractivity contribution >= 4 is 33.6 Å². The summed E-state index contributed by atoms with van der Waals surface area (Å²) in [6.45, 7) is -1.46. The Morgan fingerprint density at radius 1 is 0.982 bits per heavy atom. The van der Waals surface area contributed by atoms with Crippen molar-refractivity contribution in [3.05, 3.63) is 77.1 Å². The molecule has 2 saturated carbocycles. The summed E-state index contributed by atoms with van der Waals surface area (Å²) in [6, 6.07) is 11.8. The van der Waals surface area contributed by atoms with E-state index in [2.05, 4.69) is 20.3 Å². The molecular formula is C37H47ClN4O12S. The molecular weight excluding hydrogens is 760 g/mol. The number of halogens is 1. The molecule has 2 aliphatic carbocycles. The topological polar surface area (TPSA) is 257 Å². The molecule has 1 heterocycles. The number of unbranched alkanes of at least 4 members (excludes halogenated alkanes) is 1. The molecule has 2 aromatic carbocycles. The molecule has 300 valence electrons. The van der Waals surface area contributed by atoms with E-state index < -0.39 is 71.2 Å². The number of aliphatic carboxylic acids is 1. The zero-order valence-electron chi connectivity index (χ0n) is 29.9. The van der Waals surface area contributed by atoms with Crippen LogP contribution in [0, 0.1) is 0 Å². The van der Waals surface area contributed by atoms with E-state index in [0.717, 1.165) is 48.1 Å². The number of hydrogen-bond donors (Lipinski definition) is 9. The van der Waals surface area contributed by atoms with Gasteiger partial charge in [-0.3, -0.25) is 4.98 Å². The number of carbonyl (C=O) groups is 2. The number of carboxylic acids is 1. The second-order valence-corrected chi connectivity index (χ2v) is 15.9. The molecule has 18 heteroatoms. The van der Waals surface area contributed by atoms with Gasteiger partial charge in [-0.25, -0.2) is 22.7 Å². The van der Waals surface area contributed by atoms with E-state index in [4.69, 9.17) is 26.2 Å². The molecule has 0 saturated heterocycles. The molecule has 2 amide bonds. The Balaban J connectivity index is 1.11. The first-order chi connectivity index (χ1) is 26.2. The van der Waals surface area contributed by atoms with E-state index in [0.29, 0.717) is 10.6 Å². The van der Waals surface area contributed by atoms with E-state index in [1.54, 1.807) is 12.4 Å². The Morgan fingerprint density at radius 3 is 2.40 bits per heavy atom. The number of para-hydroxylation sites is 1. The normalized spacial score (nSPS) is 17.7. The first-order valence-corrected chi connectivity index (χ1v) is 19.8. The van der Waals surface area contributed by atoms with Crippen molar-refractivity contribution in [2.45, 2.75) is 98.6 Å². The number of urea groups is 1. The number of hydrogen-bond acceptors (Lipinski definition) is 12. The number of nitrogens with zero attached hydrogens (tertiary/aromatic N) is 1. The van der Waals surface area contributed by atoms with Crippen LogP contribution in [0.25, 0.3) is 11.1 Å². The second kappa shape index (κ2) is 18.8. The number of aliphatic hydroxyl groups is 5. The monoisotopic (exact) mass is 806 g/mol. The van der Waals surface area contributed by atoms with Crippen LogP contribution in [0.1, 0.15) is 56.1 Å². The average molecular weight is 807 g/mol. The van der Waals surface area contributed by atoms with Crippen molar-refractivity contribution in [1.29, 1.82) is 0 Å². The van der Waals surface area contributed by atoms with Crippen molar-refractivity contribution in [2.24, 2.45) is 0 Å². The van der Waals surface area contributed by atoms with Gasteiger partial charge in [0.2, 0.25) is 10.0 Å². The van der Waals surface area contributed by atoms with Gasteiger partial charge in [-0.2, -0.15) is 0 Å². The van der Waals surface area contributed by atoms with Gasteiger partial charge in [0.25, 0.3) is 0 Å².